The molecule has 2 aromatic heterocycles. The van der Waals surface area contributed by atoms with Gasteiger partial charge in [0.2, 0.25) is 5.91 Å². The van der Waals surface area contributed by atoms with E-state index < -0.39 is 11.6 Å². The summed E-state index contributed by atoms with van der Waals surface area (Å²) in [5.74, 6) is -0.617. The Kier molecular flexibility index (Phi) is 6.89. The van der Waals surface area contributed by atoms with Crippen molar-refractivity contribution < 1.29 is 9.59 Å². The van der Waals surface area contributed by atoms with Crippen LogP contribution in [-0.2, 0) is 11.3 Å². The molecule has 3 aromatic rings. The first-order valence-corrected chi connectivity index (χ1v) is 10.6. The second kappa shape index (κ2) is 9.58. The Labute approximate surface area is 180 Å². The first kappa shape index (κ1) is 21.6. The fourth-order valence-electron chi connectivity index (χ4n) is 2.97. The van der Waals surface area contributed by atoms with Crippen LogP contribution in [0.25, 0.3) is 0 Å². The minimum absolute atomic E-state index is 0.215. The minimum atomic E-state index is -0.862. The standard InChI is InChI=1S/C22H25N5O2S/c1-4-22(2,3)24-20(28)19(17-11-8-12-23-13-17)27(14-16-9-6-5-7-10-16)21(29)18-15-30-26-25-18/h5-13,15,19H,4,14H2,1-3H3,(H,24,28)/t19-/m0/s1. The van der Waals surface area contributed by atoms with Gasteiger partial charge in [0.1, 0.15) is 6.04 Å². The van der Waals surface area contributed by atoms with Crippen LogP contribution in [0.15, 0.2) is 60.2 Å². The predicted octanol–water partition coefficient (Wildman–Crippen LogP) is 3.62. The molecule has 2 heterocycles. The number of rotatable bonds is 8. The number of nitrogens with one attached hydrogen (secondary N) is 1. The third-order valence-corrected chi connectivity index (χ3v) is 5.45. The Balaban J connectivity index is 2.05. The van der Waals surface area contributed by atoms with Crippen LogP contribution in [0.1, 0.15) is 54.8 Å². The van der Waals surface area contributed by atoms with Crippen molar-refractivity contribution in [2.45, 2.75) is 45.3 Å². The maximum Gasteiger partial charge on any atom is 0.276 e. The number of nitrogens with zero attached hydrogens (tertiary/aromatic N) is 4. The van der Waals surface area contributed by atoms with E-state index in [1.54, 1.807) is 29.9 Å². The van der Waals surface area contributed by atoms with Gasteiger partial charge in [0.25, 0.3) is 5.91 Å². The molecule has 0 radical (unpaired) electrons. The van der Waals surface area contributed by atoms with E-state index in [-0.39, 0.29) is 24.1 Å². The number of aromatic nitrogens is 3. The fraction of sp³-hybridized carbons (Fsp3) is 0.318. The summed E-state index contributed by atoms with van der Waals surface area (Å²) in [6.07, 6.45) is 4.01. The number of hydrogen-bond donors (Lipinski definition) is 1. The SMILES string of the molecule is CCC(C)(C)NC(=O)[C@H](c1cccnc1)N(Cc1ccccc1)C(=O)c1csnn1. The maximum atomic E-state index is 13.5. The van der Waals surface area contributed by atoms with Crippen molar-refractivity contribution in [3.05, 3.63) is 77.1 Å². The van der Waals surface area contributed by atoms with Gasteiger partial charge in [-0.05, 0) is 43.4 Å². The van der Waals surface area contributed by atoms with Gasteiger partial charge in [0, 0.05) is 35.4 Å². The normalized spacial score (nSPS) is 12.2. The second-order valence-corrected chi connectivity index (χ2v) is 8.23. The van der Waals surface area contributed by atoms with Gasteiger partial charge >= 0.3 is 0 Å². The molecule has 0 saturated heterocycles. The summed E-state index contributed by atoms with van der Waals surface area (Å²) in [5.41, 5.74) is 1.34. The van der Waals surface area contributed by atoms with E-state index in [1.807, 2.05) is 51.1 Å². The number of amides is 2. The molecule has 8 heteroatoms. The van der Waals surface area contributed by atoms with Crippen LogP contribution in [0.4, 0.5) is 0 Å². The van der Waals surface area contributed by atoms with E-state index in [4.69, 9.17) is 0 Å². The summed E-state index contributed by atoms with van der Waals surface area (Å²) in [5, 5.41) is 8.60. The Bertz CT molecular complexity index is 962. The lowest BCUT2D eigenvalue weighted by Gasteiger charge is -2.34. The van der Waals surface area contributed by atoms with Crippen LogP contribution in [0, 0.1) is 0 Å². The zero-order chi connectivity index (χ0) is 21.6. The van der Waals surface area contributed by atoms with Gasteiger partial charge in [-0.2, -0.15) is 0 Å². The Morgan fingerprint density at radius 2 is 1.93 bits per heavy atom. The number of carbonyl (C=O) groups excluding carboxylic acids is 2. The predicted molar refractivity (Wildman–Crippen MR) is 116 cm³/mol. The molecule has 2 amide bonds. The monoisotopic (exact) mass is 423 g/mol. The van der Waals surface area contributed by atoms with Crippen molar-refractivity contribution in [2.24, 2.45) is 0 Å². The topological polar surface area (TPSA) is 88.1 Å². The number of hydrogen-bond acceptors (Lipinski definition) is 6. The van der Waals surface area contributed by atoms with Crippen LogP contribution < -0.4 is 5.32 Å². The lowest BCUT2D eigenvalue weighted by molar-refractivity contribution is -0.127. The molecule has 3 rings (SSSR count). The highest BCUT2D eigenvalue weighted by Gasteiger charge is 2.35. The molecular weight excluding hydrogens is 398 g/mol. The average molecular weight is 424 g/mol. The molecule has 0 bridgehead atoms. The quantitative estimate of drug-likeness (QED) is 0.598. The third-order valence-electron chi connectivity index (χ3n) is 4.94. The van der Waals surface area contributed by atoms with Crippen molar-refractivity contribution in [2.75, 3.05) is 0 Å². The van der Waals surface area contributed by atoms with Gasteiger partial charge in [-0.3, -0.25) is 14.6 Å². The summed E-state index contributed by atoms with van der Waals surface area (Å²) < 4.78 is 3.81. The zero-order valence-corrected chi connectivity index (χ0v) is 18.1. The molecule has 0 aliphatic carbocycles. The van der Waals surface area contributed by atoms with Gasteiger partial charge in [0.15, 0.2) is 5.69 Å². The molecule has 1 aromatic carbocycles. The molecule has 1 atom stereocenters. The van der Waals surface area contributed by atoms with Crippen molar-refractivity contribution in [3.63, 3.8) is 0 Å². The van der Waals surface area contributed by atoms with Gasteiger partial charge in [-0.15, -0.1) is 5.10 Å². The van der Waals surface area contributed by atoms with Crippen molar-refractivity contribution in [1.82, 2.24) is 24.8 Å². The summed E-state index contributed by atoms with van der Waals surface area (Å²) in [4.78, 5) is 32.6. The first-order valence-electron chi connectivity index (χ1n) is 9.75. The minimum Gasteiger partial charge on any atom is -0.349 e. The average Bonchev–Trinajstić information content (AvgIpc) is 3.29. The Morgan fingerprint density at radius 1 is 1.17 bits per heavy atom. The number of pyridine rings is 1. The van der Waals surface area contributed by atoms with E-state index in [9.17, 15) is 9.59 Å². The zero-order valence-electron chi connectivity index (χ0n) is 17.3. The number of benzene rings is 1. The summed E-state index contributed by atoms with van der Waals surface area (Å²) >= 11 is 1.10. The van der Waals surface area contributed by atoms with Crippen LogP contribution >= 0.6 is 11.5 Å². The summed E-state index contributed by atoms with van der Waals surface area (Å²) in [6.45, 7) is 6.17. The summed E-state index contributed by atoms with van der Waals surface area (Å²) in [7, 11) is 0. The van der Waals surface area contributed by atoms with E-state index in [0.29, 0.717) is 5.56 Å². The van der Waals surface area contributed by atoms with E-state index in [1.165, 1.54) is 4.90 Å². The largest absolute Gasteiger partial charge is 0.349 e. The molecule has 0 fully saturated rings. The highest BCUT2D eigenvalue weighted by Crippen LogP contribution is 2.26. The van der Waals surface area contributed by atoms with Crippen molar-refractivity contribution in [3.8, 4) is 0 Å². The third kappa shape index (κ3) is 5.27. The molecule has 1 N–H and O–H groups in total. The van der Waals surface area contributed by atoms with Crippen molar-refractivity contribution in [1.29, 1.82) is 0 Å². The van der Waals surface area contributed by atoms with Gasteiger partial charge in [0.05, 0.1) is 0 Å². The lowest BCUT2D eigenvalue weighted by atomic mass is 9.99. The van der Waals surface area contributed by atoms with Gasteiger partial charge in [-0.25, -0.2) is 0 Å². The Morgan fingerprint density at radius 3 is 2.53 bits per heavy atom. The second-order valence-electron chi connectivity index (χ2n) is 7.62. The van der Waals surface area contributed by atoms with Crippen LogP contribution in [0.3, 0.4) is 0 Å². The van der Waals surface area contributed by atoms with Crippen LogP contribution in [0.5, 0.6) is 0 Å². The highest BCUT2D eigenvalue weighted by atomic mass is 32.1. The first-order chi connectivity index (χ1) is 14.4. The molecule has 0 unspecified atom stereocenters. The van der Waals surface area contributed by atoms with E-state index >= 15 is 0 Å². The van der Waals surface area contributed by atoms with E-state index in [2.05, 4.69) is 19.9 Å². The molecule has 156 valence electrons. The summed E-state index contributed by atoms with van der Waals surface area (Å²) in [6, 6.07) is 12.3. The lowest BCUT2D eigenvalue weighted by Crippen LogP contribution is -2.50. The van der Waals surface area contributed by atoms with Crippen molar-refractivity contribution >= 4 is 23.3 Å². The fourth-order valence-corrected chi connectivity index (χ4v) is 3.40. The molecule has 7 nitrogen and oxygen atoms in total. The van der Waals surface area contributed by atoms with Gasteiger partial charge in [-0.1, -0.05) is 47.8 Å². The van der Waals surface area contributed by atoms with Gasteiger partial charge < -0.3 is 10.2 Å². The van der Waals surface area contributed by atoms with E-state index in [0.717, 1.165) is 23.5 Å². The molecule has 0 saturated carbocycles. The molecule has 30 heavy (non-hydrogen) atoms. The highest BCUT2D eigenvalue weighted by molar-refractivity contribution is 7.03. The Hall–Kier alpha value is -3.13. The molecule has 0 aliphatic heterocycles. The van der Waals surface area contributed by atoms with Crippen LogP contribution in [-0.4, -0.2) is 36.8 Å². The smallest absolute Gasteiger partial charge is 0.276 e. The molecular formula is C22H25N5O2S. The molecule has 0 aliphatic rings. The van der Waals surface area contributed by atoms with Crippen LogP contribution in [0.2, 0.25) is 0 Å². The number of carbonyl (C=O) groups is 2. The maximum absolute atomic E-state index is 13.5. The molecule has 0 spiro atoms.